The summed E-state index contributed by atoms with van der Waals surface area (Å²) in [4.78, 5) is 4.65. The highest BCUT2D eigenvalue weighted by molar-refractivity contribution is 4.76. The smallest absolute Gasteiger partial charge is 0.0147 e. The standard InChI is InChI=1S/C22H48N2/c1-22(2,24(5)6)20-18-16-14-12-10-8-7-9-11-13-15-17-19-21-23(3)4/h7-21H2,1-6H3. The third-order valence-corrected chi connectivity index (χ3v) is 5.60. The van der Waals surface area contributed by atoms with Gasteiger partial charge in [-0.2, -0.15) is 0 Å². The van der Waals surface area contributed by atoms with Gasteiger partial charge in [0.2, 0.25) is 0 Å². The maximum absolute atomic E-state index is 2.36. The van der Waals surface area contributed by atoms with Crippen molar-refractivity contribution in [1.82, 2.24) is 9.80 Å². The summed E-state index contributed by atoms with van der Waals surface area (Å²) in [5.41, 5.74) is 0.368. The van der Waals surface area contributed by atoms with Crippen LogP contribution in [0.2, 0.25) is 0 Å². The average molecular weight is 341 g/mol. The fourth-order valence-electron chi connectivity index (χ4n) is 3.15. The summed E-state index contributed by atoms with van der Waals surface area (Å²) in [6.45, 7) is 5.97. The molecule has 2 heteroatoms. The van der Waals surface area contributed by atoms with Crippen molar-refractivity contribution in [3.05, 3.63) is 0 Å². The Morgan fingerprint density at radius 3 is 1.17 bits per heavy atom. The fourth-order valence-corrected chi connectivity index (χ4v) is 3.15. The van der Waals surface area contributed by atoms with Crippen molar-refractivity contribution < 1.29 is 0 Å². The molecule has 0 aliphatic rings. The van der Waals surface area contributed by atoms with Crippen LogP contribution in [0.15, 0.2) is 0 Å². The van der Waals surface area contributed by atoms with E-state index in [0.717, 1.165) is 0 Å². The average Bonchev–Trinajstić information content (AvgIpc) is 2.50. The molecule has 0 aromatic rings. The van der Waals surface area contributed by atoms with E-state index < -0.39 is 0 Å². The molecule has 0 aliphatic carbocycles. The summed E-state index contributed by atoms with van der Waals surface area (Å²) in [6, 6.07) is 0. The first-order valence-corrected chi connectivity index (χ1v) is 10.7. The molecule has 0 spiro atoms. The predicted molar refractivity (Wildman–Crippen MR) is 111 cm³/mol. The summed E-state index contributed by atoms with van der Waals surface area (Å²) >= 11 is 0. The molecule has 0 N–H and O–H groups in total. The van der Waals surface area contributed by atoms with Gasteiger partial charge in [-0.15, -0.1) is 0 Å². The van der Waals surface area contributed by atoms with E-state index in [0.29, 0.717) is 5.54 Å². The highest BCUT2D eigenvalue weighted by Gasteiger charge is 2.18. The number of rotatable bonds is 17. The highest BCUT2D eigenvalue weighted by atomic mass is 15.1. The van der Waals surface area contributed by atoms with Crippen LogP contribution in [0.3, 0.4) is 0 Å². The Morgan fingerprint density at radius 1 is 0.500 bits per heavy atom. The van der Waals surface area contributed by atoms with Gasteiger partial charge in [0.05, 0.1) is 0 Å². The Labute approximate surface area is 154 Å². The van der Waals surface area contributed by atoms with Gasteiger partial charge in [-0.3, -0.25) is 0 Å². The molecular weight excluding hydrogens is 292 g/mol. The lowest BCUT2D eigenvalue weighted by Gasteiger charge is -2.32. The molecule has 0 bridgehead atoms. The predicted octanol–water partition coefficient (Wildman–Crippen LogP) is 6.35. The molecule has 0 amide bonds. The molecular formula is C22H48N2. The summed E-state index contributed by atoms with van der Waals surface area (Å²) in [5.74, 6) is 0. The normalized spacial score (nSPS) is 12.5. The molecule has 0 aliphatic heterocycles. The second-order valence-electron chi connectivity index (χ2n) is 8.86. The lowest BCUT2D eigenvalue weighted by Crippen LogP contribution is -2.37. The molecule has 0 aromatic heterocycles. The second-order valence-corrected chi connectivity index (χ2v) is 8.86. The molecule has 0 aromatic carbocycles. The minimum Gasteiger partial charge on any atom is -0.309 e. The Bertz CT molecular complexity index is 259. The Hall–Kier alpha value is -0.0800. The van der Waals surface area contributed by atoms with Gasteiger partial charge in [0.1, 0.15) is 0 Å². The summed E-state index contributed by atoms with van der Waals surface area (Å²) in [6.07, 6.45) is 20.0. The van der Waals surface area contributed by atoms with Gasteiger partial charge >= 0.3 is 0 Å². The van der Waals surface area contributed by atoms with Gasteiger partial charge in [-0.25, -0.2) is 0 Å². The van der Waals surface area contributed by atoms with E-state index in [1.807, 2.05) is 0 Å². The van der Waals surface area contributed by atoms with Gasteiger partial charge in [0, 0.05) is 5.54 Å². The SMILES string of the molecule is CN(C)CCCCCCCCCCCCCCCC(C)(C)N(C)C. The van der Waals surface area contributed by atoms with E-state index in [2.05, 4.69) is 51.8 Å². The van der Waals surface area contributed by atoms with Crippen LogP contribution >= 0.6 is 0 Å². The topological polar surface area (TPSA) is 6.48 Å². The first-order valence-electron chi connectivity index (χ1n) is 10.7. The van der Waals surface area contributed by atoms with Crippen molar-refractivity contribution in [1.29, 1.82) is 0 Å². The number of unbranched alkanes of at least 4 members (excludes halogenated alkanes) is 12. The number of hydrogen-bond donors (Lipinski definition) is 0. The van der Waals surface area contributed by atoms with Crippen molar-refractivity contribution >= 4 is 0 Å². The number of nitrogens with zero attached hydrogens (tertiary/aromatic N) is 2. The zero-order chi connectivity index (χ0) is 18.3. The molecule has 0 saturated heterocycles. The lowest BCUT2D eigenvalue weighted by molar-refractivity contribution is 0.177. The molecule has 0 unspecified atom stereocenters. The molecule has 0 rings (SSSR count). The van der Waals surface area contributed by atoms with Crippen LogP contribution in [0.25, 0.3) is 0 Å². The van der Waals surface area contributed by atoms with Crippen LogP contribution in [-0.2, 0) is 0 Å². The van der Waals surface area contributed by atoms with E-state index in [9.17, 15) is 0 Å². The van der Waals surface area contributed by atoms with Gasteiger partial charge in [-0.1, -0.05) is 77.0 Å². The van der Waals surface area contributed by atoms with Gasteiger partial charge < -0.3 is 9.80 Å². The molecule has 2 nitrogen and oxygen atoms in total. The fraction of sp³-hybridized carbons (Fsp3) is 1.00. The molecule has 0 radical (unpaired) electrons. The van der Waals surface area contributed by atoms with E-state index >= 15 is 0 Å². The van der Waals surface area contributed by atoms with E-state index in [-0.39, 0.29) is 0 Å². The summed E-state index contributed by atoms with van der Waals surface area (Å²) in [7, 11) is 8.74. The van der Waals surface area contributed by atoms with Crippen molar-refractivity contribution in [3.63, 3.8) is 0 Å². The minimum absolute atomic E-state index is 0.368. The summed E-state index contributed by atoms with van der Waals surface area (Å²) in [5, 5.41) is 0. The van der Waals surface area contributed by atoms with E-state index in [4.69, 9.17) is 0 Å². The van der Waals surface area contributed by atoms with Crippen molar-refractivity contribution in [2.45, 2.75) is 109 Å². The maximum atomic E-state index is 2.36. The molecule has 24 heavy (non-hydrogen) atoms. The quantitative estimate of drug-likeness (QED) is 0.285. The van der Waals surface area contributed by atoms with Crippen LogP contribution in [0, 0.1) is 0 Å². The van der Waals surface area contributed by atoms with Crippen molar-refractivity contribution in [2.24, 2.45) is 0 Å². The monoisotopic (exact) mass is 340 g/mol. The Morgan fingerprint density at radius 2 is 0.833 bits per heavy atom. The van der Waals surface area contributed by atoms with Gasteiger partial charge in [-0.05, 0) is 61.4 Å². The number of hydrogen-bond acceptors (Lipinski definition) is 2. The Balaban J connectivity index is 3.16. The van der Waals surface area contributed by atoms with Crippen LogP contribution < -0.4 is 0 Å². The third-order valence-electron chi connectivity index (χ3n) is 5.60. The van der Waals surface area contributed by atoms with E-state index in [1.165, 1.54) is 96.4 Å². The third kappa shape index (κ3) is 15.4. The van der Waals surface area contributed by atoms with Crippen molar-refractivity contribution in [2.75, 3.05) is 34.7 Å². The molecule has 0 atom stereocenters. The minimum atomic E-state index is 0.368. The molecule has 0 heterocycles. The van der Waals surface area contributed by atoms with Crippen LogP contribution in [0.5, 0.6) is 0 Å². The second kappa shape index (κ2) is 15.2. The van der Waals surface area contributed by atoms with Crippen molar-refractivity contribution in [3.8, 4) is 0 Å². The zero-order valence-corrected chi connectivity index (χ0v) is 18.0. The first-order chi connectivity index (χ1) is 11.4. The van der Waals surface area contributed by atoms with Gasteiger partial charge in [0.25, 0.3) is 0 Å². The molecule has 0 fully saturated rings. The van der Waals surface area contributed by atoms with Gasteiger partial charge in [0.15, 0.2) is 0 Å². The molecule has 146 valence electrons. The van der Waals surface area contributed by atoms with E-state index in [1.54, 1.807) is 0 Å². The van der Waals surface area contributed by atoms with Crippen LogP contribution in [0.1, 0.15) is 104 Å². The zero-order valence-electron chi connectivity index (χ0n) is 18.0. The summed E-state index contributed by atoms with van der Waals surface area (Å²) < 4.78 is 0. The lowest BCUT2D eigenvalue weighted by atomic mass is 9.95. The van der Waals surface area contributed by atoms with Crippen LogP contribution in [-0.4, -0.2) is 50.1 Å². The molecule has 0 saturated carbocycles. The largest absolute Gasteiger partial charge is 0.309 e. The Kier molecular flexibility index (Phi) is 15.1. The van der Waals surface area contributed by atoms with Crippen LogP contribution in [0.4, 0.5) is 0 Å². The highest BCUT2D eigenvalue weighted by Crippen LogP contribution is 2.20. The maximum Gasteiger partial charge on any atom is 0.0147 e. The first kappa shape index (κ1) is 23.9.